The number of methoxy groups -OCH3 is 1. The molecule has 0 bridgehead atoms. The summed E-state index contributed by atoms with van der Waals surface area (Å²) in [6, 6.07) is 15.3. The Labute approximate surface area is 153 Å². The second kappa shape index (κ2) is 9.46. The molecule has 0 aliphatic carbocycles. The van der Waals surface area contributed by atoms with Gasteiger partial charge in [0.05, 0.1) is 7.11 Å². The van der Waals surface area contributed by atoms with Gasteiger partial charge in [0, 0.05) is 25.2 Å². The lowest BCUT2D eigenvalue weighted by atomic mass is 9.71. The molecule has 0 N–H and O–H groups in total. The third-order valence-corrected chi connectivity index (χ3v) is 4.31. The van der Waals surface area contributed by atoms with Crippen LogP contribution in [0.4, 0.5) is 4.39 Å². The molecule has 140 valence electrons. The van der Waals surface area contributed by atoms with Gasteiger partial charge >= 0.3 is 5.97 Å². The fourth-order valence-electron chi connectivity index (χ4n) is 3.19. The van der Waals surface area contributed by atoms with Gasteiger partial charge in [-0.3, -0.25) is 4.79 Å². The van der Waals surface area contributed by atoms with E-state index in [4.69, 9.17) is 14.2 Å². The van der Waals surface area contributed by atoms with Gasteiger partial charge in [-0.25, -0.2) is 4.39 Å². The van der Waals surface area contributed by atoms with Crippen LogP contribution in [0.3, 0.4) is 0 Å². The maximum atomic E-state index is 14.8. The number of hydrogen-bond acceptors (Lipinski definition) is 4. The van der Waals surface area contributed by atoms with E-state index < -0.39 is 23.5 Å². The van der Waals surface area contributed by atoms with Crippen LogP contribution in [0, 0.1) is 5.82 Å². The van der Waals surface area contributed by atoms with Crippen molar-refractivity contribution in [2.45, 2.75) is 32.0 Å². The van der Waals surface area contributed by atoms with Crippen LogP contribution >= 0.6 is 0 Å². The predicted octanol–water partition coefficient (Wildman–Crippen LogP) is 4.07. The number of esters is 1. The van der Waals surface area contributed by atoms with Gasteiger partial charge in [0.25, 0.3) is 0 Å². The molecule has 0 aliphatic rings. The van der Waals surface area contributed by atoms with Crippen molar-refractivity contribution in [3.8, 4) is 0 Å². The lowest BCUT2D eigenvalue weighted by Gasteiger charge is -2.35. The maximum Gasteiger partial charge on any atom is 0.321 e. The zero-order valence-electron chi connectivity index (χ0n) is 15.4. The number of hydrogen-bond donors (Lipinski definition) is 0. The van der Waals surface area contributed by atoms with Crippen LogP contribution < -0.4 is 0 Å². The van der Waals surface area contributed by atoms with Crippen molar-refractivity contribution in [3.05, 3.63) is 71.5 Å². The molecule has 0 heterocycles. The molecular formula is C21H25FO4. The first-order chi connectivity index (χ1) is 12.6. The van der Waals surface area contributed by atoms with Gasteiger partial charge in [0.1, 0.15) is 11.2 Å². The molecular weight excluding hydrogens is 335 g/mol. The second-order valence-electron chi connectivity index (χ2n) is 5.79. The first kappa shape index (κ1) is 20.1. The van der Waals surface area contributed by atoms with Crippen molar-refractivity contribution in [2.75, 3.05) is 20.3 Å². The normalized spacial score (nSPS) is 13.4. The summed E-state index contributed by atoms with van der Waals surface area (Å²) in [6.45, 7) is 4.51. The Morgan fingerprint density at radius 2 is 1.58 bits per heavy atom. The third-order valence-electron chi connectivity index (χ3n) is 4.31. The van der Waals surface area contributed by atoms with Crippen LogP contribution in [0.1, 0.15) is 31.4 Å². The smallest absolute Gasteiger partial charge is 0.321 e. The highest BCUT2D eigenvalue weighted by Crippen LogP contribution is 2.40. The second-order valence-corrected chi connectivity index (χ2v) is 5.79. The van der Waals surface area contributed by atoms with E-state index in [0.717, 1.165) is 0 Å². The van der Waals surface area contributed by atoms with E-state index in [-0.39, 0.29) is 12.0 Å². The summed E-state index contributed by atoms with van der Waals surface area (Å²) in [5.41, 5.74) is -0.514. The molecule has 0 saturated heterocycles. The number of ether oxygens (including phenoxy) is 3. The van der Waals surface area contributed by atoms with Crippen LogP contribution in [0.2, 0.25) is 0 Å². The monoisotopic (exact) mass is 360 g/mol. The lowest BCUT2D eigenvalue weighted by molar-refractivity contribution is -0.164. The van der Waals surface area contributed by atoms with Crippen molar-refractivity contribution in [1.29, 1.82) is 0 Å². The average molecular weight is 360 g/mol. The maximum absolute atomic E-state index is 14.8. The molecule has 2 rings (SSSR count). The summed E-state index contributed by atoms with van der Waals surface area (Å²) in [7, 11) is 1.30. The first-order valence-electron chi connectivity index (χ1n) is 8.72. The summed E-state index contributed by atoms with van der Waals surface area (Å²) in [6.07, 6.45) is -0.573. The van der Waals surface area contributed by atoms with Crippen molar-refractivity contribution >= 4 is 5.97 Å². The molecule has 0 radical (unpaired) electrons. The Morgan fingerprint density at radius 3 is 2.12 bits per heavy atom. The highest BCUT2D eigenvalue weighted by molar-refractivity contribution is 5.87. The Bertz CT molecular complexity index is 698. The largest absolute Gasteiger partial charge is 0.468 e. The zero-order valence-corrected chi connectivity index (χ0v) is 15.4. The van der Waals surface area contributed by atoms with E-state index in [2.05, 4.69) is 0 Å². The van der Waals surface area contributed by atoms with Gasteiger partial charge in [-0.15, -0.1) is 0 Å². The van der Waals surface area contributed by atoms with Crippen molar-refractivity contribution in [2.24, 2.45) is 0 Å². The van der Waals surface area contributed by atoms with E-state index in [1.165, 1.54) is 13.2 Å². The molecule has 0 fully saturated rings. The fraction of sp³-hybridized carbons (Fsp3) is 0.381. The van der Waals surface area contributed by atoms with Gasteiger partial charge in [-0.1, -0.05) is 48.5 Å². The molecule has 4 nitrogen and oxygen atoms in total. The number of halogens is 1. The molecule has 5 heteroatoms. The average Bonchev–Trinajstić information content (AvgIpc) is 2.67. The van der Waals surface area contributed by atoms with Crippen molar-refractivity contribution < 1.29 is 23.4 Å². The van der Waals surface area contributed by atoms with Crippen LogP contribution in [-0.2, 0) is 24.4 Å². The SMILES string of the molecule is CCOC(CC(C(=O)OC)(c1ccccc1)c1ccccc1F)OCC. The molecule has 0 saturated carbocycles. The molecule has 2 aromatic carbocycles. The van der Waals surface area contributed by atoms with Crippen LogP contribution in [-0.4, -0.2) is 32.6 Å². The minimum atomic E-state index is -1.38. The van der Waals surface area contributed by atoms with E-state index in [1.807, 2.05) is 32.0 Å². The minimum absolute atomic E-state index is 0.103. The summed E-state index contributed by atoms with van der Waals surface area (Å²) in [4.78, 5) is 13.0. The summed E-state index contributed by atoms with van der Waals surface area (Å²) < 4.78 is 31.2. The van der Waals surface area contributed by atoms with E-state index in [0.29, 0.717) is 18.8 Å². The topological polar surface area (TPSA) is 44.8 Å². The molecule has 1 unspecified atom stereocenters. The highest BCUT2D eigenvalue weighted by Gasteiger charge is 2.47. The number of benzene rings is 2. The van der Waals surface area contributed by atoms with Gasteiger partial charge in [0.15, 0.2) is 6.29 Å². The standard InChI is InChI=1S/C21H25FO4/c1-4-25-19(26-5-2)15-21(20(23)24-3,16-11-7-6-8-12-16)17-13-9-10-14-18(17)22/h6-14,19H,4-5,15H2,1-3H3. The number of rotatable bonds is 9. The van der Waals surface area contributed by atoms with Gasteiger partial charge in [-0.05, 0) is 25.5 Å². The van der Waals surface area contributed by atoms with Gasteiger partial charge < -0.3 is 14.2 Å². The molecule has 1 atom stereocenters. The lowest BCUT2D eigenvalue weighted by Crippen LogP contribution is -2.43. The molecule has 0 amide bonds. The summed E-state index contributed by atoms with van der Waals surface area (Å²) in [5, 5.41) is 0. The van der Waals surface area contributed by atoms with Crippen LogP contribution in [0.5, 0.6) is 0 Å². The van der Waals surface area contributed by atoms with Crippen LogP contribution in [0.15, 0.2) is 54.6 Å². The van der Waals surface area contributed by atoms with E-state index >= 15 is 0 Å². The molecule has 26 heavy (non-hydrogen) atoms. The van der Waals surface area contributed by atoms with E-state index in [1.54, 1.807) is 30.3 Å². The molecule has 0 spiro atoms. The number of carbonyl (C=O) groups excluding carboxylic acids is 1. The zero-order chi connectivity index (χ0) is 19.0. The Balaban J connectivity index is 2.68. The molecule has 0 aliphatic heterocycles. The fourth-order valence-corrected chi connectivity index (χ4v) is 3.19. The predicted molar refractivity (Wildman–Crippen MR) is 97.3 cm³/mol. The van der Waals surface area contributed by atoms with Crippen LogP contribution in [0.25, 0.3) is 0 Å². The summed E-state index contributed by atoms with van der Waals surface area (Å²) >= 11 is 0. The molecule has 2 aromatic rings. The number of carbonyl (C=O) groups is 1. The Morgan fingerprint density at radius 1 is 1.00 bits per heavy atom. The Hall–Kier alpha value is -2.24. The first-order valence-corrected chi connectivity index (χ1v) is 8.72. The van der Waals surface area contributed by atoms with Crippen molar-refractivity contribution in [3.63, 3.8) is 0 Å². The van der Waals surface area contributed by atoms with Gasteiger partial charge in [0.2, 0.25) is 0 Å². The third kappa shape index (κ3) is 4.11. The van der Waals surface area contributed by atoms with Gasteiger partial charge in [-0.2, -0.15) is 0 Å². The Kier molecular flexibility index (Phi) is 7.30. The quantitative estimate of drug-likeness (QED) is 0.499. The van der Waals surface area contributed by atoms with E-state index in [9.17, 15) is 9.18 Å². The molecule has 0 aromatic heterocycles. The minimum Gasteiger partial charge on any atom is -0.468 e. The van der Waals surface area contributed by atoms with Crippen molar-refractivity contribution in [1.82, 2.24) is 0 Å². The highest BCUT2D eigenvalue weighted by atomic mass is 19.1. The summed E-state index contributed by atoms with van der Waals surface area (Å²) in [5.74, 6) is -1.04.